The van der Waals surface area contributed by atoms with E-state index >= 15 is 0 Å². The van der Waals surface area contributed by atoms with Crippen molar-refractivity contribution in [1.29, 1.82) is 0 Å². The fourth-order valence-electron chi connectivity index (χ4n) is 3.10. The van der Waals surface area contributed by atoms with Crippen LogP contribution >= 0.6 is 0 Å². The van der Waals surface area contributed by atoms with E-state index in [4.69, 9.17) is 9.84 Å². The molecule has 0 radical (unpaired) electrons. The summed E-state index contributed by atoms with van der Waals surface area (Å²) in [6.07, 6.45) is 12.6. The van der Waals surface area contributed by atoms with E-state index in [1.54, 1.807) is 6.07 Å². The summed E-state index contributed by atoms with van der Waals surface area (Å²) in [6, 6.07) is 7.37. The molecule has 0 aliphatic rings. The first-order valence-corrected chi connectivity index (χ1v) is 11.0. The van der Waals surface area contributed by atoms with E-state index in [9.17, 15) is 9.59 Å². The first-order chi connectivity index (χ1) is 14.1. The minimum Gasteiger partial charge on any atom is -0.513 e. The number of para-hydroxylation sites is 1. The predicted molar refractivity (Wildman–Crippen MR) is 118 cm³/mol. The van der Waals surface area contributed by atoms with Crippen LogP contribution in [0.15, 0.2) is 36.6 Å². The molecule has 162 valence electrons. The van der Waals surface area contributed by atoms with Crippen molar-refractivity contribution >= 4 is 12.2 Å². The zero-order valence-electron chi connectivity index (χ0n) is 17.7. The largest absolute Gasteiger partial charge is 0.513 e. The van der Waals surface area contributed by atoms with Crippen molar-refractivity contribution in [3.05, 3.63) is 42.2 Å². The van der Waals surface area contributed by atoms with Crippen molar-refractivity contribution in [2.75, 3.05) is 13.2 Å². The third kappa shape index (κ3) is 12.7. The Kier molecular flexibility index (Phi) is 14.2. The SMILES string of the molecule is C=C(O)CCCCCCCOc1ccccc1C(=O)NCCCCCCCC=O. The maximum Gasteiger partial charge on any atom is 0.255 e. The first kappa shape index (κ1) is 24.7. The zero-order valence-corrected chi connectivity index (χ0v) is 17.7. The maximum atomic E-state index is 12.4. The quantitative estimate of drug-likeness (QED) is 0.186. The molecule has 5 nitrogen and oxygen atoms in total. The molecule has 2 N–H and O–H groups in total. The normalized spacial score (nSPS) is 10.5. The Morgan fingerprint density at radius 3 is 2.38 bits per heavy atom. The van der Waals surface area contributed by atoms with Gasteiger partial charge in [-0.3, -0.25) is 4.79 Å². The van der Waals surface area contributed by atoms with Gasteiger partial charge in [-0.1, -0.05) is 57.2 Å². The summed E-state index contributed by atoms with van der Waals surface area (Å²) < 4.78 is 5.84. The summed E-state index contributed by atoms with van der Waals surface area (Å²) in [5.41, 5.74) is 0.583. The van der Waals surface area contributed by atoms with Crippen molar-refractivity contribution in [3.8, 4) is 5.75 Å². The van der Waals surface area contributed by atoms with Crippen molar-refractivity contribution in [1.82, 2.24) is 5.32 Å². The lowest BCUT2D eigenvalue weighted by Gasteiger charge is -2.12. The number of unbranched alkanes of at least 4 members (excludes halogenated alkanes) is 9. The molecular weight excluding hydrogens is 366 g/mol. The van der Waals surface area contributed by atoms with E-state index in [-0.39, 0.29) is 11.7 Å². The van der Waals surface area contributed by atoms with Gasteiger partial charge in [-0.15, -0.1) is 0 Å². The number of aldehydes is 1. The van der Waals surface area contributed by atoms with Gasteiger partial charge in [-0.2, -0.15) is 0 Å². The third-order valence-electron chi connectivity index (χ3n) is 4.78. The molecule has 1 aromatic rings. The summed E-state index contributed by atoms with van der Waals surface area (Å²) in [5.74, 6) is 0.805. The number of nitrogens with one attached hydrogen (secondary N) is 1. The molecular formula is C24H37NO4. The van der Waals surface area contributed by atoms with Gasteiger partial charge < -0.3 is 20.0 Å². The minimum absolute atomic E-state index is 0.0919. The van der Waals surface area contributed by atoms with Crippen LogP contribution in [0, 0.1) is 0 Å². The van der Waals surface area contributed by atoms with Gasteiger partial charge in [0.2, 0.25) is 0 Å². The number of hydrogen-bond acceptors (Lipinski definition) is 4. The summed E-state index contributed by atoms with van der Waals surface area (Å²) in [4.78, 5) is 22.7. The zero-order chi connectivity index (χ0) is 21.2. The van der Waals surface area contributed by atoms with Crippen LogP contribution in [-0.4, -0.2) is 30.5 Å². The first-order valence-electron chi connectivity index (χ1n) is 11.0. The second kappa shape index (κ2) is 16.6. The van der Waals surface area contributed by atoms with Gasteiger partial charge >= 0.3 is 0 Å². The smallest absolute Gasteiger partial charge is 0.255 e. The maximum absolute atomic E-state index is 12.4. The third-order valence-corrected chi connectivity index (χ3v) is 4.78. The standard InChI is InChI=1S/C24H37NO4/c1-21(27)15-9-5-4-8-14-20-29-23-17-11-10-16-22(23)24(28)25-18-12-6-2-3-7-13-19-26/h10-11,16-17,19,27H,1-9,12-15,18,20H2,(H,25,28). The van der Waals surface area contributed by atoms with Crippen LogP contribution in [0.25, 0.3) is 0 Å². The summed E-state index contributed by atoms with van der Waals surface area (Å²) >= 11 is 0. The number of benzene rings is 1. The van der Waals surface area contributed by atoms with E-state index in [0.717, 1.165) is 70.5 Å². The van der Waals surface area contributed by atoms with Gasteiger partial charge in [0.1, 0.15) is 12.0 Å². The van der Waals surface area contributed by atoms with Crippen molar-refractivity contribution in [2.24, 2.45) is 0 Å². The van der Waals surface area contributed by atoms with Gasteiger partial charge in [0.25, 0.3) is 5.91 Å². The Hall–Kier alpha value is -2.30. The highest BCUT2D eigenvalue weighted by Gasteiger charge is 2.11. The molecule has 0 fully saturated rings. The van der Waals surface area contributed by atoms with Crippen LogP contribution in [-0.2, 0) is 4.79 Å². The predicted octanol–water partition coefficient (Wildman–Crippen LogP) is 5.75. The number of carbonyl (C=O) groups excluding carboxylic acids is 2. The number of aliphatic hydroxyl groups is 1. The number of allylic oxidation sites excluding steroid dienone is 1. The summed E-state index contributed by atoms with van der Waals surface area (Å²) in [7, 11) is 0. The van der Waals surface area contributed by atoms with Gasteiger partial charge in [0.15, 0.2) is 0 Å². The molecule has 29 heavy (non-hydrogen) atoms. The Bertz CT molecular complexity index is 600. The number of ether oxygens (including phenoxy) is 1. The number of hydrogen-bond donors (Lipinski definition) is 2. The van der Waals surface area contributed by atoms with Gasteiger partial charge in [-0.25, -0.2) is 0 Å². The minimum atomic E-state index is -0.0919. The fourth-order valence-corrected chi connectivity index (χ4v) is 3.10. The molecule has 1 amide bonds. The van der Waals surface area contributed by atoms with Crippen LogP contribution in [0.3, 0.4) is 0 Å². The monoisotopic (exact) mass is 403 g/mol. The molecule has 0 aliphatic carbocycles. The Balaban J connectivity index is 2.20. The molecule has 0 spiro atoms. The molecule has 0 saturated carbocycles. The highest BCUT2D eigenvalue weighted by molar-refractivity contribution is 5.96. The van der Waals surface area contributed by atoms with Crippen LogP contribution < -0.4 is 10.1 Å². The Morgan fingerprint density at radius 2 is 1.62 bits per heavy atom. The second-order valence-electron chi connectivity index (χ2n) is 7.41. The van der Waals surface area contributed by atoms with E-state index in [1.807, 2.05) is 18.2 Å². The topological polar surface area (TPSA) is 75.6 Å². The average Bonchev–Trinajstić information content (AvgIpc) is 2.72. The summed E-state index contributed by atoms with van der Waals surface area (Å²) in [6.45, 7) is 4.74. The number of rotatable bonds is 18. The highest BCUT2D eigenvalue weighted by Crippen LogP contribution is 2.18. The van der Waals surface area contributed by atoms with Gasteiger partial charge in [0, 0.05) is 19.4 Å². The molecule has 0 aliphatic heterocycles. The highest BCUT2D eigenvalue weighted by atomic mass is 16.5. The molecule has 0 aromatic heterocycles. The van der Waals surface area contributed by atoms with Crippen LogP contribution in [0.4, 0.5) is 0 Å². The number of aliphatic hydroxyl groups excluding tert-OH is 1. The molecule has 0 atom stereocenters. The lowest BCUT2D eigenvalue weighted by molar-refractivity contribution is -0.107. The lowest BCUT2D eigenvalue weighted by atomic mass is 10.1. The molecule has 0 unspecified atom stereocenters. The summed E-state index contributed by atoms with van der Waals surface area (Å²) in [5, 5.41) is 12.0. The van der Waals surface area contributed by atoms with E-state index in [1.165, 1.54) is 0 Å². The van der Waals surface area contributed by atoms with E-state index < -0.39 is 0 Å². The van der Waals surface area contributed by atoms with Crippen LogP contribution in [0.5, 0.6) is 5.75 Å². The molecule has 1 rings (SSSR count). The molecule has 0 heterocycles. The van der Waals surface area contributed by atoms with E-state index in [0.29, 0.717) is 37.3 Å². The van der Waals surface area contributed by atoms with E-state index in [2.05, 4.69) is 11.9 Å². The fraction of sp³-hybridized carbons (Fsp3) is 0.583. The average molecular weight is 404 g/mol. The number of carbonyl (C=O) groups is 2. The molecule has 0 bridgehead atoms. The van der Waals surface area contributed by atoms with Crippen LogP contribution in [0.1, 0.15) is 87.4 Å². The van der Waals surface area contributed by atoms with Crippen LogP contribution in [0.2, 0.25) is 0 Å². The Labute approximate surface area is 175 Å². The van der Waals surface area contributed by atoms with Gasteiger partial charge in [0.05, 0.1) is 17.9 Å². The molecule has 1 aromatic carbocycles. The van der Waals surface area contributed by atoms with Crippen molar-refractivity contribution in [3.63, 3.8) is 0 Å². The van der Waals surface area contributed by atoms with Crippen molar-refractivity contribution in [2.45, 2.75) is 77.0 Å². The molecule has 0 saturated heterocycles. The molecule has 5 heteroatoms. The number of amides is 1. The van der Waals surface area contributed by atoms with Crippen molar-refractivity contribution < 1.29 is 19.4 Å². The Morgan fingerprint density at radius 1 is 0.966 bits per heavy atom. The van der Waals surface area contributed by atoms with Gasteiger partial charge in [-0.05, 0) is 37.8 Å². The lowest BCUT2D eigenvalue weighted by Crippen LogP contribution is -2.25. The second-order valence-corrected chi connectivity index (χ2v) is 7.41.